The van der Waals surface area contributed by atoms with Crippen LogP contribution in [0.5, 0.6) is 0 Å². The van der Waals surface area contributed by atoms with Crippen molar-refractivity contribution in [3.05, 3.63) is 126 Å². The van der Waals surface area contributed by atoms with Crippen molar-refractivity contribution in [3.63, 3.8) is 0 Å². The number of hydrogen-bond acceptors (Lipinski definition) is 4. The van der Waals surface area contributed by atoms with Crippen LogP contribution in [0.15, 0.2) is 122 Å². The van der Waals surface area contributed by atoms with Gasteiger partial charge in [-0.25, -0.2) is 4.85 Å². The van der Waals surface area contributed by atoms with Crippen molar-refractivity contribution in [2.24, 2.45) is 0 Å². The maximum Gasteiger partial charge on any atom is 0.188 e. The van der Waals surface area contributed by atoms with Gasteiger partial charge in [0.15, 0.2) is 5.69 Å². The summed E-state index contributed by atoms with van der Waals surface area (Å²) >= 11 is 0. The first-order chi connectivity index (χ1) is 21.1. The van der Waals surface area contributed by atoms with E-state index in [0.717, 1.165) is 88.1 Å². The highest BCUT2D eigenvalue weighted by Crippen LogP contribution is 2.39. The second-order valence-electron chi connectivity index (χ2n) is 10.8. The molecule has 0 aliphatic rings. The topological polar surface area (TPSA) is 67.6 Å². The predicted molar refractivity (Wildman–Crippen MR) is 170 cm³/mol. The largest absolute Gasteiger partial charge is 0.456 e. The van der Waals surface area contributed by atoms with Gasteiger partial charge in [-0.05, 0) is 101 Å². The van der Waals surface area contributed by atoms with Gasteiger partial charge >= 0.3 is 0 Å². The summed E-state index contributed by atoms with van der Waals surface area (Å²) in [7, 11) is 0. The molecular formula is C38H18N2O3. The molecule has 9 rings (SSSR count). The molecule has 0 aliphatic carbocycles. The summed E-state index contributed by atoms with van der Waals surface area (Å²) in [5, 5.41) is 15.3. The standard InChI is InChI=1S/C38H18N2O3/c1-40-26-7-13-38-32(19-26)31-18-25(6-12-37(31)43-38)24-5-11-36-30(17-24)29-16-23(4-10-35(29)42-36)22-3-9-34-28(15-22)27-14-21(20-39)2-8-33(27)41-34/h2-19H. The summed E-state index contributed by atoms with van der Waals surface area (Å²) in [6.45, 7) is 7.40. The van der Waals surface area contributed by atoms with E-state index in [1.807, 2.05) is 48.5 Å². The Morgan fingerprint density at radius 2 is 0.791 bits per heavy atom. The van der Waals surface area contributed by atoms with Gasteiger partial charge in [0.05, 0.1) is 18.2 Å². The molecule has 0 N–H and O–H groups in total. The molecule has 9 aromatic rings. The van der Waals surface area contributed by atoms with Crippen LogP contribution in [0.2, 0.25) is 0 Å². The van der Waals surface area contributed by atoms with E-state index in [1.165, 1.54) is 0 Å². The van der Waals surface area contributed by atoms with Crippen molar-refractivity contribution in [2.75, 3.05) is 0 Å². The minimum atomic E-state index is 0.592. The van der Waals surface area contributed by atoms with Gasteiger partial charge < -0.3 is 13.3 Å². The molecule has 0 saturated carbocycles. The Morgan fingerprint density at radius 3 is 1.19 bits per heavy atom. The van der Waals surface area contributed by atoms with E-state index in [4.69, 9.17) is 19.8 Å². The fourth-order valence-electron chi connectivity index (χ4n) is 6.18. The van der Waals surface area contributed by atoms with Gasteiger partial charge in [0.1, 0.15) is 33.5 Å². The number of nitrogens with zero attached hydrogens (tertiary/aromatic N) is 2. The molecule has 0 unspecified atom stereocenters. The second-order valence-corrected chi connectivity index (χ2v) is 10.8. The zero-order valence-electron chi connectivity index (χ0n) is 22.5. The Balaban J connectivity index is 1.18. The number of hydrogen-bond donors (Lipinski definition) is 0. The Morgan fingerprint density at radius 1 is 0.442 bits per heavy atom. The van der Waals surface area contributed by atoms with Crippen LogP contribution in [0.3, 0.4) is 0 Å². The van der Waals surface area contributed by atoms with E-state index in [2.05, 4.69) is 59.4 Å². The Hall–Kier alpha value is -6.30. The minimum absolute atomic E-state index is 0.592. The normalized spacial score (nSPS) is 11.7. The molecule has 0 aliphatic heterocycles. The Labute approximate surface area is 244 Å². The van der Waals surface area contributed by atoms with Gasteiger partial charge in [-0.2, -0.15) is 5.26 Å². The van der Waals surface area contributed by atoms with Crippen molar-refractivity contribution in [2.45, 2.75) is 0 Å². The fourth-order valence-corrected chi connectivity index (χ4v) is 6.18. The van der Waals surface area contributed by atoms with Crippen molar-refractivity contribution in [3.8, 4) is 28.3 Å². The summed E-state index contributed by atoms with van der Waals surface area (Å²) in [5.41, 5.74) is 10.2. The zero-order valence-corrected chi connectivity index (χ0v) is 22.5. The lowest BCUT2D eigenvalue weighted by Gasteiger charge is -2.04. The van der Waals surface area contributed by atoms with E-state index >= 15 is 0 Å². The lowest BCUT2D eigenvalue weighted by atomic mass is 9.98. The molecule has 0 bridgehead atoms. The third-order valence-electron chi connectivity index (χ3n) is 8.32. The average Bonchev–Trinajstić information content (AvgIpc) is 3.73. The van der Waals surface area contributed by atoms with E-state index in [9.17, 15) is 5.26 Å². The van der Waals surface area contributed by atoms with Gasteiger partial charge in [-0.1, -0.05) is 30.3 Å². The second kappa shape index (κ2) is 8.60. The summed E-state index contributed by atoms with van der Waals surface area (Å²) in [4.78, 5) is 3.59. The third-order valence-corrected chi connectivity index (χ3v) is 8.32. The molecule has 3 heterocycles. The molecule has 3 aromatic heterocycles. The lowest BCUT2D eigenvalue weighted by molar-refractivity contribution is 0.668. The SMILES string of the molecule is [C-]#[N+]c1ccc2oc3ccc(-c4ccc5oc6ccc(-c7ccc8oc9ccc(C#N)cc9c8c7)cc6c5c4)cc3c2c1. The van der Waals surface area contributed by atoms with Crippen molar-refractivity contribution >= 4 is 71.5 Å². The molecule has 5 nitrogen and oxygen atoms in total. The number of nitriles is 1. The van der Waals surface area contributed by atoms with Crippen LogP contribution >= 0.6 is 0 Å². The highest BCUT2D eigenvalue weighted by molar-refractivity contribution is 6.11. The number of rotatable bonds is 2. The van der Waals surface area contributed by atoms with Crippen molar-refractivity contribution in [1.29, 1.82) is 5.26 Å². The first-order valence-corrected chi connectivity index (χ1v) is 13.8. The minimum Gasteiger partial charge on any atom is -0.456 e. The highest BCUT2D eigenvalue weighted by Gasteiger charge is 2.14. The first-order valence-electron chi connectivity index (χ1n) is 13.8. The Kier molecular flexibility index (Phi) is 4.68. The molecule has 6 aromatic carbocycles. The smallest absolute Gasteiger partial charge is 0.188 e. The molecule has 43 heavy (non-hydrogen) atoms. The van der Waals surface area contributed by atoms with Gasteiger partial charge in [0, 0.05) is 32.3 Å². The molecule has 0 atom stereocenters. The molecule has 5 heteroatoms. The third kappa shape index (κ3) is 3.50. The van der Waals surface area contributed by atoms with Gasteiger partial charge in [0.25, 0.3) is 0 Å². The molecule has 0 spiro atoms. The number of benzene rings is 6. The first kappa shape index (κ1) is 23.4. The van der Waals surface area contributed by atoms with Crippen LogP contribution in [-0.2, 0) is 0 Å². The molecule has 198 valence electrons. The highest BCUT2D eigenvalue weighted by atomic mass is 16.3. The molecule has 0 radical (unpaired) electrons. The molecule has 0 amide bonds. The Bertz CT molecular complexity index is 2520. The summed E-state index contributed by atoms with van der Waals surface area (Å²) in [6, 6.07) is 38.2. The van der Waals surface area contributed by atoms with Gasteiger partial charge in [-0.15, -0.1) is 0 Å². The van der Waals surface area contributed by atoms with Crippen LogP contribution in [-0.4, -0.2) is 0 Å². The number of furan rings is 3. The van der Waals surface area contributed by atoms with Crippen LogP contribution in [0, 0.1) is 17.9 Å². The lowest BCUT2D eigenvalue weighted by Crippen LogP contribution is -1.80. The van der Waals surface area contributed by atoms with Crippen LogP contribution < -0.4 is 0 Å². The van der Waals surface area contributed by atoms with Crippen LogP contribution in [0.1, 0.15) is 5.56 Å². The summed E-state index contributed by atoms with van der Waals surface area (Å²) in [6.07, 6.45) is 0. The molecule has 0 fully saturated rings. The monoisotopic (exact) mass is 550 g/mol. The number of fused-ring (bicyclic) bond motifs is 9. The quantitative estimate of drug-likeness (QED) is 0.201. The van der Waals surface area contributed by atoms with E-state index in [-0.39, 0.29) is 0 Å². The van der Waals surface area contributed by atoms with E-state index in [1.54, 1.807) is 12.1 Å². The maximum absolute atomic E-state index is 9.39. The summed E-state index contributed by atoms with van der Waals surface area (Å²) < 4.78 is 18.3. The maximum atomic E-state index is 9.39. The fraction of sp³-hybridized carbons (Fsp3) is 0. The van der Waals surface area contributed by atoms with Gasteiger partial charge in [0.2, 0.25) is 0 Å². The zero-order chi connectivity index (χ0) is 28.7. The predicted octanol–water partition coefficient (Wildman–Crippen LogP) is 11.1. The van der Waals surface area contributed by atoms with Gasteiger partial charge in [-0.3, -0.25) is 0 Å². The van der Waals surface area contributed by atoms with Crippen molar-refractivity contribution < 1.29 is 13.3 Å². The molecular weight excluding hydrogens is 532 g/mol. The van der Waals surface area contributed by atoms with Crippen LogP contribution in [0.4, 0.5) is 5.69 Å². The summed E-state index contributed by atoms with van der Waals surface area (Å²) in [5.74, 6) is 0. The van der Waals surface area contributed by atoms with E-state index in [0.29, 0.717) is 11.3 Å². The average molecular weight is 551 g/mol. The molecule has 0 saturated heterocycles. The van der Waals surface area contributed by atoms with Crippen molar-refractivity contribution in [1.82, 2.24) is 0 Å². The van der Waals surface area contributed by atoms with E-state index < -0.39 is 0 Å². The van der Waals surface area contributed by atoms with Crippen LogP contribution in [0.25, 0.3) is 92.9 Å².